The number of carboxylic acids is 1. The summed E-state index contributed by atoms with van der Waals surface area (Å²) in [4.78, 5) is 15.4. The standard InChI is InChI=1S/C18H18N4O2.C4H6N2S/c1-11(2)17-19-20-21-22(17)16-9-14(8-15(10-16)18(23)24)13-6-4-12(3)5-7-13;5-3-4-6-1-2-7-4/h4-11H,1-3H3,(H,23,24);1-2H,3,5H2. The third-order valence-corrected chi connectivity index (χ3v) is 5.26. The molecule has 2 aromatic heterocycles. The summed E-state index contributed by atoms with van der Waals surface area (Å²) in [5.74, 6) is -0.173. The maximum atomic E-state index is 11.5. The van der Waals surface area contributed by atoms with Crippen molar-refractivity contribution in [2.24, 2.45) is 5.73 Å². The number of aryl methyl sites for hydroxylation is 1. The maximum absolute atomic E-state index is 11.5. The van der Waals surface area contributed by atoms with Gasteiger partial charge in [-0.25, -0.2) is 9.78 Å². The Morgan fingerprint density at radius 3 is 2.45 bits per heavy atom. The van der Waals surface area contributed by atoms with Gasteiger partial charge in [0.15, 0.2) is 5.82 Å². The Morgan fingerprint density at radius 1 is 1.16 bits per heavy atom. The number of hydrogen-bond acceptors (Lipinski definition) is 7. The van der Waals surface area contributed by atoms with Gasteiger partial charge >= 0.3 is 5.97 Å². The van der Waals surface area contributed by atoms with Crippen molar-refractivity contribution in [3.63, 3.8) is 0 Å². The minimum absolute atomic E-state index is 0.122. The lowest BCUT2D eigenvalue weighted by molar-refractivity contribution is 0.0697. The first-order valence-electron chi connectivity index (χ1n) is 9.71. The zero-order valence-corrected chi connectivity index (χ0v) is 18.4. The molecule has 3 N–H and O–H groups in total. The maximum Gasteiger partial charge on any atom is 0.335 e. The van der Waals surface area contributed by atoms with Crippen LogP contribution >= 0.6 is 11.3 Å². The van der Waals surface area contributed by atoms with E-state index in [2.05, 4.69) is 20.5 Å². The molecule has 0 radical (unpaired) electrons. The van der Waals surface area contributed by atoms with Crippen molar-refractivity contribution in [2.45, 2.75) is 33.2 Å². The number of aromatic nitrogens is 5. The lowest BCUT2D eigenvalue weighted by Gasteiger charge is -2.11. The van der Waals surface area contributed by atoms with Gasteiger partial charge in [-0.1, -0.05) is 43.7 Å². The molecule has 0 bridgehead atoms. The van der Waals surface area contributed by atoms with E-state index in [1.807, 2.05) is 56.5 Å². The van der Waals surface area contributed by atoms with Gasteiger partial charge in [-0.15, -0.1) is 16.4 Å². The Bertz CT molecular complexity index is 1140. The number of nitrogens with two attached hydrogens (primary N) is 1. The van der Waals surface area contributed by atoms with Crippen molar-refractivity contribution in [2.75, 3.05) is 0 Å². The normalized spacial score (nSPS) is 10.6. The molecule has 0 fully saturated rings. The minimum Gasteiger partial charge on any atom is -0.478 e. The molecule has 0 aliphatic carbocycles. The van der Waals surface area contributed by atoms with Gasteiger partial charge in [0.1, 0.15) is 5.01 Å². The molecular weight excluding hydrogens is 412 g/mol. The van der Waals surface area contributed by atoms with E-state index in [1.165, 1.54) is 0 Å². The van der Waals surface area contributed by atoms with Crippen LogP contribution in [0.5, 0.6) is 0 Å². The van der Waals surface area contributed by atoms with E-state index in [4.69, 9.17) is 5.73 Å². The number of carboxylic acid groups (broad SMARTS) is 1. The molecule has 9 heteroatoms. The fourth-order valence-electron chi connectivity index (χ4n) is 2.86. The minimum atomic E-state index is -0.982. The number of thiazole rings is 1. The Kier molecular flexibility index (Phi) is 7.22. The molecule has 2 aromatic carbocycles. The first-order valence-corrected chi connectivity index (χ1v) is 10.6. The summed E-state index contributed by atoms with van der Waals surface area (Å²) in [7, 11) is 0. The first-order chi connectivity index (χ1) is 14.9. The molecule has 0 amide bonds. The monoisotopic (exact) mass is 436 g/mol. The summed E-state index contributed by atoms with van der Waals surface area (Å²) in [6.07, 6.45) is 1.76. The molecule has 4 rings (SSSR count). The van der Waals surface area contributed by atoms with Gasteiger partial charge in [0.25, 0.3) is 0 Å². The molecule has 0 saturated carbocycles. The van der Waals surface area contributed by atoms with E-state index < -0.39 is 5.97 Å². The van der Waals surface area contributed by atoms with E-state index in [1.54, 1.807) is 34.3 Å². The number of nitrogens with zero attached hydrogens (tertiary/aromatic N) is 5. The van der Waals surface area contributed by atoms with Crippen molar-refractivity contribution in [1.29, 1.82) is 0 Å². The highest BCUT2D eigenvalue weighted by Crippen LogP contribution is 2.26. The van der Waals surface area contributed by atoms with Crippen LogP contribution in [0.4, 0.5) is 0 Å². The zero-order chi connectivity index (χ0) is 22.4. The summed E-state index contributed by atoms with van der Waals surface area (Å²) in [6, 6.07) is 13.1. The lowest BCUT2D eigenvalue weighted by Crippen LogP contribution is -2.07. The summed E-state index contributed by atoms with van der Waals surface area (Å²) in [5.41, 5.74) is 8.99. The number of rotatable bonds is 5. The molecule has 0 aliphatic heterocycles. The number of aromatic carboxylic acids is 1. The summed E-state index contributed by atoms with van der Waals surface area (Å²) in [5, 5.41) is 24.1. The quantitative estimate of drug-likeness (QED) is 0.484. The molecule has 8 nitrogen and oxygen atoms in total. The van der Waals surface area contributed by atoms with Gasteiger partial charge < -0.3 is 10.8 Å². The van der Waals surface area contributed by atoms with Crippen LogP contribution in [0.15, 0.2) is 54.0 Å². The zero-order valence-electron chi connectivity index (χ0n) is 17.6. The second kappa shape index (κ2) is 10.1. The third-order valence-electron chi connectivity index (χ3n) is 4.46. The molecule has 0 aliphatic rings. The third kappa shape index (κ3) is 5.59. The van der Waals surface area contributed by atoms with Crippen molar-refractivity contribution >= 4 is 17.3 Å². The van der Waals surface area contributed by atoms with Crippen LogP contribution in [0.2, 0.25) is 0 Å². The Morgan fingerprint density at radius 2 is 1.90 bits per heavy atom. The average molecular weight is 437 g/mol. The van der Waals surface area contributed by atoms with E-state index in [0.29, 0.717) is 18.1 Å². The van der Waals surface area contributed by atoms with Gasteiger partial charge in [-0.05, 0) is 46.7 Å². The highest BCUT2D eigenvalue weighted by atomic mass is 32.1. The van der Waals surface area contributed by atoms with Gasteiger partial charge in [-0.2, -0.15) is 4.68 Å². The first kappa shape index (κ1) is 22.3. The van der Waals surface area contributed by atoms with Gasteiger partial charge in [0.2, 0.25) is 0 Å². The number of hydrogen-bond donors (Lipinski definition) is 2. The van der Waals surface area contributed by atoms with Gasteiger partial charge in [-0.3, -0.25) is 0 Å². The van der Waals surface area contributed by atoms with Crippen molar-refractivity contribution in [3.05, 3.63) is 76.0 Å². The second-order valence-corrected chi connectivity index (χ2v) is 8.15. The molecule has 0 atom stereocenters. The van der Waals surface area contributed by atoms with Crippen LogP contribution in [-0.4, -0.2) is 36.3 Å². The Balaban J connectivity index is 0.000000330. The SMILES string of the molecule is Cc1ccc(-c2cc(C(=O)O)cc(-n3nnnc3C(C)C)c2)cc1.NCc1nccs1. The molecule has 160 valence electrons. The number of carbonyl (C=O) groups is 1. The van der Waals surface area contributed by atoms with Crippen LogP contribution in [0.25, 0.3) is 16.8 Å². The predicted molar refractivity (Wildman–Crippen MR) is 120 cm³/mol. The van der Waals surface area contributed by atoms with Crippen LogP contribution in [-0.2, 0) is 6.54 Å². The van der Waals surface area contributed by atoms with Crippen molar-refractivity contribution in [1.82, 2.24) is 25.2 Å². The molecule has 0 unspecified atom stereocenters. The highest BCUT2D eigenvalue weighted by Gasteiger charge is 2.15. The van der Waals surface area contributed by atoms with Gasteiger partial charge in [0.05, 0.1) is 11.3 Å². The van der Waals surface area contributed by atoms with Crippen LogP contribution in [0.3, 0.4) is 0 Å². The van der Waals surface area contributed by atoms with Crippen molar-refractivity contribution < 1.29 is 9.90 Å². The number of benzene rings is 2. The summed E-state index contributed by atoms with van der Waals surface area (Å²) in [6.45, 7) is 6.56. The largest absolute Gasteiger partial charge is 0.478 e. The van der Waals surface area contributed by atoms with Gasteiger partial charge in [0, 0.05) is 24.0 Å². The second-order valence-electron chi connectivity index (χ2n) is 7.17. The molecule has 4 aromatic rings. The molecular formula is C22H24N6O2S. The molecule has 0 saturated heterocycles. The smallest absolute Gasteiger partial charge is 0.335 e. The Hall–Kier alpha value is -3.43. The average Bonchev–Trinajstić information content (AvgIpc) is 3.46. The van der Waals surface area contributed by atoms with Crippen LogP contribution < -0.4 is 5.73 Å². The van der Waals surface area contributed by atoms with E-state index >= 15 is 0 Å². The van der Waals surface area contributed by atoms with Crippen molar-refractivity contribution in [3.8, 4) is 16.8 Å². The molecule has 31 heavy (non-hydrogen) atoms. The van der Waals surface area contributed by atoms with Crippen LogP contribution in [0.1, 0.15) is 46.5 Å². The highest BCUT2D eigenvalue weighted by molar-refractivity contribution is 7.09. The van der Waals surface area contributed by atoms with E-state index in [-0.39, 0.29) is 11.5 Å². The van der Waals surface area contributed by atoms with E-state index in [9.17, 15) is 9.90 Å². The predicted octanol–water partition coefficient (Wildman–Crippen LogP) is 4.06. The number of tetrazole rings is 1. The molecule has 2 heterocycles. The topological polar surface area (TPSA) is 120 Å². The Labute approximate surface area is 184 Å². The van der Waals surface area contributed by atoms with E-state index in [0.717, 1.165) is 21.7 Å². The molecule has 0 spiro atoms. The fraction of sp³-hybridized carbons (Fsp3) is 0.227. The summed E-state index contributed by atoms with van der Waals surface area (Å²) >= 11 is 1.59. The summed E-state index contributed by atoms with van der Waals surface area (Å²) < 4.78 is 1.59. The lowest BCUT2D eigenvalue weighted by atomic mass is 10.0. The fourth-order valence-corrected chi connectivity index (χ4v) is 3.36. The van der Waals surface area contributed by atoms with Crippen LogP contribution in [0, 0.1) is 6.92 Å².